The number of hydrogen-bond acceptors (Lipinski definition) is 4. The maximum Gasteiger partial charge on any atom is 0.278 e. The van der Waals surface area contributed by atoms with Gasteiger partial charge in [0.2, 0.25) is 0 Å². The number of carbonyl (C=O) groups excluding carboxylic acids is 2. The number of anilines is 1. The summed E-state index contributed by atoms with van der Waals surface area (Å²) < 4.78 is 0. The first kappa shape index (κ1) is 23.1. The molecule has 0 aromatic heterocycles. The first-order valence-corrected chi connectivity index (χ1v) is 12.1. The number of thioether (sulfide) groups is 1. The van der Waals surface area contributed by atoms with Crippen LogP contribution in [0.1, 0.15) is 30.9 Å². The molecule has 3 aromatic carbocycles. The van der Waals surface area contributed by atoms with Gasteiger partial charge in [0, 0.05) is 22.2 Å². The van der Waals surface area contributed by atoms with Crippen molar-refractivity contribution in [3.63, 3.8) is 0 Å². The minimum atomic E-state index is -0.305. The van der Waals surface area contributed by atoms with E-state index in [-0.39, 0.29) is 11.8 Å². The molecule has 3 aromatic rings. The lowest BCUT2D eigenvalue weighted by Crippen LogP contribution is -2.34. The molecule has 0 unspecified atom stereocenters. The van der Waals surface area contributed by atoms with Gasteiger partial charge in [-0.05, 0) is 59.9 Å². The Morgan fingerprint density at radius 3 is 2.18 bits per heavy atom. The maximum absolute atomic E-state index is 13.3. The first-order valence-electron chi connectivity index (χ1n) is 10.9. The molecule has 0 saturated heterocycles. The van der Waals surface area contributed by atoms with Crippen molar-refractivity contribution in [2.75, 3.05) is 11.9 Å². The van der Waals surface area contributed by atoms with Crippen LogP contribution >= 0.6 is 23.4 Å². The number of rotatable bonds is 8. The van der Waals surface area contributed by atoms with E-state index < -0.39 is 0 Å². The van der Waals surface area contributed by atoms with Crippen molar-refractivity contribution in [2.24, 2.45) is 0 Å². The fourth-order valence-electron chi connectivity index (χ4n) is 3.56. The molecule has 1 aliphatic heterocycles. The molecular weight excluding hydrogens is 452 g/mol. The zero-order valence-corrected chi connectivity index (χ0v) is 20.1. The lowest BCUT2D eigenvalue weighted by atomic mass is 10.0. The molecule has 0 atom stereocenters. The molecule has 168 valence electrons. The summed E-state index contributed by atoms with van der Waals surface area (Å²) in [6, 6.07) is 25.1. The maximum atomic E-state index is 13.3. The second kappa shape index (κ2) is 10.3. The lowest BCUT2D eigenvalue weighted by Gasteiger charge is -2.15. The lowest BCUT2D eigenvalue weighted by molar-refractivity contribution is -0.137. The third-order valence-corrected chi connectivity index (χ3v) is 6.82. The number of nitrogens with zero attached hydrogens (tertiary/aromatic N) is 1. The Labute approximate surface area is 203 Å². The monoisotopic (exact) mass is 476 g/mol. The number of benzene rings is 3. The second-order valence-corrected chi connectivity index (χ2v) is 9.68. The Kier molecular flexibility index (Phi) is 7.21. The predicted octanol–water partition coefficient (Wildman–Crippen LogP) is 6.49. The normalized spacial score (nSPS) is 13.9. The summed E-state index contributed by atoms with van der Waals surface area (Å²) in [6.45, 7) is 4.59. The van der Waals surface area contributed by atoms with Crippen LogP contribution in [-0.4, -0.2) is 23.3 Å². The van der Waals surface area contributed by atoms with Gasteiger partial charge in [-0.15, -0.1) is 0 Å². The van der Waals surface area contributed by atoms with Crippen LogP contribution in [0.4, 0.5) is 5.69 Å². The SMILES string of the molecule is CC(C)c1ccc(NC2=C(Sc3ccc(Cl)cc3)C(=O)N(CCc3ccccc3)C2=O)cc1. The summed E-state index contributed by atoms with van der Waals surface area (Å²) in [5, 5.41) is 3.84. The topological polar surface area (TPSA) is 49.4 Å². The molecule has 0 bridgehead atoms. The molecule has 33 heavy (non-hydrogen) atoms. The summed E-state index contributed by atoms with van der Waals surface area (Å²) in [5.41, 5.74) is 3.37. The molecule has 6 heteroatoms. The quantitative estimate of drug-likeness (QED) is 0.377. The van der Waals surface area contributed by atoms with Gasteiger partial charge in [0.15, 0.2) is 0 Å². The predicted molar refractivity (Wildman–Crippen MR) is 135 cm³/mol. The number of amides is 2. The Morgan fingerprint density at radius 2 is 1.55 bits per heavy atom. The fraction of sp³-hybridized carbons (Fsp3) is 0.185. The van der Waals surface area contributed by atoms with E-state index in [2.05, 4.69) is 19.2 Å². The van der Waals surface area contributed by atoms with E-state index in [1.54, 1.807) is 12.1 Å². The highest BCUT2D eigenvalue weighted by molar-refractivity contribution is 8.04. The number of carbonyl (C=O) groups is 2. The highest BCUT2D eigenvalue weighted by Crippen LogP contribution is 2.36. The van der Waals surface area contributed by atoms with E-state index in [4.69, 9.17) is 11.6 Å². The minimum absolute atomic E-state index is 0.280. The molecule has 0 spiro atoms. The smallest absolute Gasteiger partial charge is 0.278 e. The van der Waals surface area contributed by atoms with Gasteiger partial charge in [-0.25, -0.2) is 0 Å². The van der Waals surface area contributed by atoms with E-state index in [1.165, 1.54) is 22.2 Å². The van der Waals surface area contributed by atoms with Gasteiger partial charge in [-0.1, -0.05) is 79.7 Å². The van der Waals surface area contributed by atoms with E-state index in [9.17, 15) is 9.59 Å². The van der Waals surface area contributed by atoms with Gasteiger partial charge in [-0.3, -0.25) is 14.5 Å². The van der Waals surface area contributed by atoms with Crippen LogP contribution < -0.4 is 5.32 Å². The summed E-state index contributed by atoms with van der Waals surface area (Å²) in [5.74, 6) is -0.171. The van der Waals surface area contributed by atoms with Gasteiger partial charge in [-0.2, -0.15) is 0 Å². The number of imide groups is 1. The molecular formula is C27H25ClN2O2S. The Morgan fingerprint density at radius 1 is 0.879 bits per heavy atom. The molecule has 0 fully saturated rings. The summed E-state index contributed by atoms with van der Waals surface area (Å²) in [4.78, 5) is 29.2. The number of hydrogen-bond donors (Lipinski definition) is 1. The van der Waals surface area contributed by atoms with Crippen molar-refractivity contribution in [3.8, 4) is 0 Å². The average molecular weight is 477 g/mol. The van der Waals surface area contributed by atoms with Gasteiger partial charge in [0.25, 0.3) is 11.8 Å². The highest BCUT2D eigenvalue weighted by Gasteiger charge is 2.38. The van der Waals surface area contributed by atoms with E-state index in [0.717, 1.165) is 16.1 Å². The van der Waals surface area contributed by atoms with Crippen molar-refractivity contribution in [2.45, 2.75) is 31.1 Å². The van der Waals surface area contributed by atoms with Crippen LogP contribution in [0, 0.1) is 0 Å². The first-order chi connectivity index (χ1) is 15.9. The Bertz CT molecular complexity index is 1170. The van der Waals surface area contributed by atoms with Gasteiger partial charge < -0.3 is 5.32 Å². The van der Waals surface area contributed by atoms with Crippen molar-refractivity contribution < 1.29 is 9.59 Å². The summed E-state index contributed by atoms with van der Waals surface area (Å²) in [7, 11) is 0. The average Bonchev–Trinajstić information content (AvgIpc) is 3.04. The van der Waals surface area contributed by atoms with Crippen LogP contribution in [0.25, 0.3) is 0 Å². The number of halogens is 1. The molecule has 4 nitrogen and oxygen atoms in total. The number of nitrogens with one attached hydrogen (secondary N) is 1. The molecule has 1 N–H and O–H groups in total. The van der Waals surface area contributed by atoms with Crippen molar-refractivity contribution in [1.82, 2.24) is 4.90 Å². The van der Waals surface area contributed by atoms with Crippen molar-refractivity contribution in [1.29, 1.82) is 0 Å². The van der Waals surface area contributed by atoms with Crippen molar-refractivity contribution in [3.05, 3.63) is 106 Å². The molecule has 0 aliphatic carbocycles. The van der Waals surface area contributed by atoms with E-state index >= 15 is 0 Å². The van der Waals surface area contributed by atoms with Crippen LogP contribution in [0.15, 0.2) is 94.4 Å². The zero-order valence-electron chi connectivity index (χ0n) is 18.5. The van der Waals surface area contributed by atoms with Crippen LogP contribution in [-0.2, 0) is 16.0 Å². The minimum Gasteiger partial charge on any atom is -0.350 e. The molecule has 2 amide bonds. The van der Waals surface area contributed by atoms with Crippen LogP contribution in [0.3, 0.4) is 0 Å². The summed E-state index contributed by atoms with van der Waals surface area (Å²) >= 11 is 7.29. The van der Waals surface area contributed by atoms with E-state index in [0.29, 0.717) is 34.5 Å². The molecule has 1 aliphatic rings. The Balaban J connectivity index is 1.60. The summed E-state index contributed by atoms with van der Waals surface area (Å²) in [6.07, 6.45) is 0.605. The Hall–Kier alpha value is -3.02. The van der Waals surface area contributed by atoms with Crippen LogP contribution in [0.2, 0.25) is 5.02 Å². The van der Waals surface area contributed by atoms with Crippen LogP contribution in [0.5, 0.6) is 0 Å². The highest BCUT2D eigenvalue weighted by atomic mass is 35.5. The molecule has 4 rings (SSSR count). The van der Waals surface area contributed by atoms with Gasteiger partial charge in [0.1, 0.15) is 10.6 Å². The zero-order chi connectivity index (χ0) is 23.4. The molecule has 0 radical (unpaired) electrons. The third-order valence-electron chi connectivity index (χ3n) is 5.47. The largest absolute Gasteiger partial charge is 0.350 e. The van der Waals surface area contributed by atoms with Gasteiger partial charge >= 0.3 is 0 Å². The van der Waals surface area contributed by atoms with Gasteiger partial charge in [0.05, 0.1) is 0 Å². The standard InChI is InChI=1S/C27H25ClN2O2S/c1-18(2)20-8-12-22(13-9-20)29-24-25(33-23-14-10-21(28)11-15-23)27(32)30(26(24)31)17-16-19-6-4-3-5-7-19/h3-15,18,29H,16-17H2,1-2H3. The molecule has 1 heterocycles. The second-order valence-electron chi connectivity index (χ2n) is 8.16. The van der Waals surface area contributed by atoms with Crippen molar-refractivity contribution >= 4 is 40.9 Å². The fourth-order valence-corrected chi connectivity index (χ4v) is 4.64. The van der Waals surface area contributed by atoms with E-state index in [1.807, 2.05) is 66.7 Å². The third kappa shape index (κ3) is 5.49. The molecule has 0 saturated carbocycles.